The molecule has 3 saturated heterocycles. The summed E-state index contributed by atoms with van der Waals surface area (Å²) in [6.45, 7) is 1.22. The highest BCUT2D eigenvalue weighted by Gasteiger charge is 2.49. The van der Waals surface area contributed by atoms with Crippen LogP contribution in [0.25, 0.3) is 0 Å². The van der Waals surface area contributed by atoms with Crippen molar-refractivity contribution in [2.75, 3.05) is 25.6 Å². The molecule has 2 bridgehead atoms. The van der Waals surface area contributed by atoms with E-state index in [1.54, 1.807) is 0 Å². The fourth-order valence-electron chi connectivity index (χ4n) is 3.53. The molecule has 3 fully saturated rings. The first-order chi connectivity index (χ1) is 12.3. The summed E-state index contributed by atoms with van der Waals surface area (Å²) in [5.74, 6) is 0.461. The number of rotatable bonds is 7. The average molecular weight is 413 g/mol. The summed E-state index contributed by atoms with van der Waals surface area (Å²) in [5.41, 5.74) is 2.35. The van der Waals surface area contributed by atoms with Crippen LogP contribution in [0.5, 0.6) is 0 Å². The van der Waals surface area contributed by atoms with E-state index in [0.29, 0.717) is 29.7 Å². The van der Waals surface area contributed by atoms with Gasteiger partial charge in [-0.2, -0.15) is 13.5 Å². The minimum Gasteiger partial charge on any atom is -0.311 e. The molecule has 0 saturated carbocycles. The maximum atomic E-state index is 12.3. The van der Waals surface area contributed by atoms with E-state index in [-0.39, 0.29) is 19.2 Å². The largest absolute Gasteiger partial charge is 0.418 e. The fourth-order valence-corrected chi connectivity index (χ4v) is 4.16. The van der Waals surface area contributed by atoms with Crippen LogP contribution in [0.15, 0.2) is 0 Å². The highest BCUT2D eigenvalue weighted by atomic mass is 35.5. The monoisotopic (exact) mass is 412 g/mol. The topological polar surface area (TPSA) is 138 Å². The van der Waals surface area contributed by atoms with E-state index in [1.807, 2.05) is 0 Å². The standard InChI is InChI=1S/C13H21ClN4O7S/c14-4-8-3-9(15-5-8)7-24-16-12(19)11-2-1-10-6-17(11)13(20)18(10)25-26(21,22)23/h8-11,15H,1-7H2,(H,16,19)(H,21,22,23)/t8-,9-,10-,11+/m1/s1. The fraction of sp³-hybridized carbons (Fsp3) is 0.846. The molecule has 3 N–H and O–H groups in total. The number of fused-ring (bicyclic) bond motifs is 2. The molecule has 0 aromatic heterocycles. The molecule has 0 radical (unpaired) electrons. The van der Waals surface area contributed by atoms with Crippen molar-refractivity contribution in [1.82, 2.24) is 20.8 Å². The van der Waals surface area contributed by atoms with Crippen molar-refractivity contribution in [3.63, 3.8) is 0 Å². The first-order valence-corrected chi connectivity index (χ1v) is 10.2. The molecule has 3 amide bonds. The zero-order valence-corrected chi connectivity index (χ0v) is 15.4. The average Bonchev–Trinajstić information content (AvgIpc) is 3.13. The Balaban J connectivity index is 1.49. The Morgan fingerprint density at radius 3 is 2.85 bits per heavy atom. The number of alkyl halides is 1. The molecule has 0 aliphatic carbocycles. The molecule has 0 aromatic carbocycles. The number of piperidine rings is 1. The van der Waals surface area contributed by atoms with Crippen molar-refractivity contribution >= 4 is 33.9 Å². The van der Waals surface area contributed by atoms with Gasteiger partial charge in [0.1, 0.15) is 6.04 Å². The lowest BCUT2D eigenvalue weighted by molar-refractivity contribution is -0.139. The SMILES string of the molecule is O=C(NOC[C@H]1C[C@H](CCl)CN1)[C@@H]1CC[C@@H]2CN1C(=O)N2OS(=O)(=O)O. The zero-order chi connectivity index (χ0) is 18.9. The molecule has 0 aromatic rings. The van der Waals surface area contributed by atoms with Crippen LogP contribution in [-0.4, -0.2) is 78.6 Å². The molecule has 0 spiro atoms. The number of carbonyl (C=O) groups is 2. The number of urea groups is 1. The van der Waals surface area contributed by atoms with Crippen LogP contribution in [0.2, 0.25) is 0 Å². The molecule has 0 unspecified atom stereocenters. The number of carbonyl (C=O) groups excluding carboxylic acids is 2. The Morgan fingerprint density at radius 1 is 1.42 bits per heavy atom. The number of amides is 3. The summed E-state index contributed by atoms with van der Waals surface area (Å²) in [6, 6.07) is -2.01. The van der Waals surface area contributed by atoms with Crippen LogP contribution in [0.1, 0.15) is 19.3 Å². The van der Waals surface area contributed by atoms with Crippen molar-refractivity contribution < 1.29 is 31.7 Å². The predicted octanol–water partition coefficient (Wildman–Crippen LogP) is -0.746. The van der Waals surface area contributed by atoms with Crippen molar-refractivity contribution in [3.05, 3.63) is 0 Å². The second-order valence-corrected chi connectivity index (χ2v) is 7.96. The molecular formula is C13H21ClN4O7S. The predicted molar refractivity (Wildman–Crippen MR) is 88.1 cm³/mol. The molecule has 3 rings (SSSR count). The Bertz CT molecular complexity index is 663. The smallest absolute Gasteiger partial charge is 0.311 e. The van der Waals surface area contributed by atoms with Gasteiger partial charge < -0.3 is 10.2 Å². The van der Waals surface area contributed by atoms with Crippen molar-refractivity contribution in [1.29, 1.82) is 0 Å². The second kappa shape index (κ2) is 7.82. The molecule has 13 heteroatoms. The third-order valence-corrected chi connectivity index (χ3v) is 5.57. The van der Waals surface area contributed by atoms with Gasteiger partial charge in [-0.05, 0) is 31.7 Å². The molecule has 148 valence electrons. The third-order valence-electron chi connectivity index (χ3n) is 4.79. The number of hydrogen-bond donors (Lipinski definition) is 3. The number of nitrogens with one attached hydrogen (secondary N) is 2. The first kappa shape index (κ1) is 19.6. The summed E-state index contributed by atoms with van der Waals surface area (Å²) in [5, 5.41) is 3.84. The molecule has 11 nitrogen and oxygen atoms in total. The number of hydroxylamine groups is 3. The molecule has 3 aliphatic heterocycles. The van der Waals surface area contributed by atoms with Gasteiger partial charge in [-0.3, -0.25) is 14.2 Å². The Kier molecular flexibility index (Phi) is 5.89. The molecular weight excluding hydrogens is 392 g/mol. The van der Waals surface area contributed by atoms with Crippen molar-refractivity contribution in [3.8, 4) is 0 Å². The lowest BCUT2D eigenvalue weighted by Gasteiger charge is -2.29. The summed E-state index contributed by atoms with van der Waals surface area (Å²) in [7, 11) is -4.81. The van der Waals surface area contributed by atoms with Gasteiger partial charge in [-0.15, -0.1) is 15.9 Å². The Labute approximate surface area is 155 Å². The minimum absolute atomic E-state index is 0.0989. The molecule has 3 heterocycles. The number of hydrogen-bond acceptors (Lipinski definition) is 7. The van der Waals surface area contributed by atoms with E-state index < -0.39 is 34.4 Å². The maximum Gasteiger partial charge on any atom is 0.418 e. The number of halogens is 1. The van der Waals surface area contributed by atoms with Gasteiger partial charge in [-0.1, -0.05) is 0 Å². The van der Waals surface area contributed by atoms with E-state index in [2.05, 4.69) is 15.1 Å². The van der Waals surface area contributed by atoms with Crippen LogP contribution in [-0.2, 0) is 24.3 Å². The summed E-state index contributed by atoms with van der Waals surface area (Å²) in [4.78, 5) is 31.0. The van der Waals surface area contributed by atoms with Gasteiger partial charge in [0.25, 0.3) is 5.91 Å². The Morgan fingerprint density at radius 2 is 2.19 bits per heavy atom. The van der Waals surface area contributed by atoms with Gasteiger partial charge >= 0.3 is 16.4 Å². The second-order valence-electron chi connectivity index (χ2n) is 6.65. The van der Waals surface area contributed by atoms with Crippen molar-refractivity contribution in [2.45, 2.75) is 37.4 Å². The van der Waals surface area contributed by atoms with Crippen LogP contribution in [0.4, 0.5) is 4.79 Å². The van der Waals surface area contributed by atoms with E-state index >= 15 is 0 Å². The molecule has 3 aliphatic rings. The summed E-state index contributed by atoms with van der Waals surface area (Å²) in [6.07, 6.45) is 1.54. The van der Waals surface area contributed by atoms with Gasteiger partial charge in [0, 0.05) is 18.5 Å². The lowest BCUT2D eigenvalue weighted by atomic mass is 10.0. The van der Waals surface area contributed by atoms with Gasteiger partial charge in [0.2, 0.25) is 0 Å². The highest BCUT2D eigenvalue weighted by molar-refractivity contribution is 7.80. The quantitative estimate of drug-likeness (QED) is 0.282. The van der Waals surface area contributed by atoms with E-state index in [9.17, 15) is 18.0 Å². The van der Waals surface area contributed by atoms with E-state index in [4.69, 9.17) is 21.0 Å². The van der Waals surface area contributed by atoms with Gasteiger partial charge in [-0.25, -0.2) is 10.3 Å². The summed E-state index contributed by atoms with van der Waals surface area (Å²) < 4.78 is 34.8. The number of nitrogens with zero attached hydrogens (tertiary/aromatic N) is 2. The van der Waals surface area contributed by atoms with Gasteiger partial charge in [0.05, 0.1) is 12.6 Å². The van der Waals surface area contributed by atoms with Crippen LogP contribution in [0.3, 0.4) is 0 Å². The van der Waals surface area contributed by atoms with E-state index in [0.717, 1.165) is 13.0 Å². The lowest BCUT2D eigenvalue weighted by Crippen LogP contribution is -2.50. The third kappa shape index (κ3) is 4.38. The molecule has 26 heavy (non-hydrogen) atoms. The van der Waals surface area contributed by atoms with E-state index in [1.165, 1.54) is 4.90 Å². The Hall–Kier alpha value is -1.18. The minimum atomic E-state index is -4.81. The highest BCUT2D eigenvalue weighted by Crippen LogP contribution is 2.30. The summed E-state index contributed by atoms with van der Waals surface area (Å²) >= 11 is 5.81. The molecule has 4 atom stereocenters. The zero-order valence-electron chi connectivity index (χ0n) is 13.8. The van der Waals surface area contributed by atoms with Gasteiger partial charge in [0.15, 0.2) is 0 Å². The van der Waals surface area contributed by atoms with Crippen LogP contribution in [0, 0.1) is 5.92 Å². The maximum absolute atomic E-state index is 12.3. The normalized spacial score (nSPS) is 31.5. The van der Waals surface area contributed by atoms with Crippen molar-refractivity contribution in [2.24, 2.45) is 5.92 Å². The first-order valence-electron chi connectivity index (χ1n) is 8.26. The van der Waals surface area contributed by atoms with Crippen LogP contribution < -0.4 is 10.8 Å². The van der Waals surface area contributed by atoms with Crippen LogP contribution >= 0.6 is 11.6 Å².